The zero-order chi connectivity index (χ0) is 21.7. The largest absolute Gasteiger partial charge is 0.494 e. The van der Waals surface area contributed by atoms with Crippen molar-refractivity contribution in [2.75, 3.05) is 17.7 Å². The number of halogens is 1. The first kappa shape index (κ1) is 20.7. The van der Waals surface area contributed by atoms with E-state index in [1.54, 1.807) is 30.5 Å². The van der Waals surface area contributed by atoms with Crippen LogP contribution in [0.5, 0.6) is 5.75 Å². The molecule has 0 spiro atoms. The molecule has 0 bridgehead atoms. The molecule has 30 heavy (non-hydrogen) atoms. The second-order valence-electron chi connectivity index (χ2n) is 5.99. The van der Waals surface area contributed by atoms with Crippen molar-refractivity contribution in [3.8, 4) is 5.75 Å². The van der Waals surface area contributed by atoms with Gasteiger partial charge in [0.05, 0.1) is 23.3 Å². The molecule has 2 aromatic carbocycles. The summed E-state index contributed by atoms with van der Waals surface area (Å²) in [5.41, 5.74) is 0.843. The van der Waals surface area contributed by atoms with Crippen molar-refractivity contribution in [2.45, 2.75) is 0 Å². The van der Waals surface area contributed by atoms with Crippen molar-refractivity contribution < 1.29 is 19.2 Å². The first-order chi connectivity index (χ1) is 14.4. The third-order valence-corrected chi connectivity index (χ3v) is 4.36. The fourth-order valence-corrected chi connectivity index (χ4v) is 2.75. The predicted octanol–water partition coefficient (Wildman–Crippen LogP) is 4.16. The smallest absolute Gasteiger partial charge is 0.288 e. The van der Waals surface area contributed by atoms with Crippen molar-refractivity contribution in [3.05, 3.63) is 87.2 Å². The van der Waals surface area contributed by atoms with Gasteiger partial charge < -0.3 is 15.4 Å². The second-order valence-corrected chi connectivity index (χ2v) is 6.40. The zero-order valence-corrected chi connectivity index (χ0v) is 16.3. The summed E-state index contributed by atoms with van der Waals surface area (Å²) in [4.78, 5) is 39.0. The van der Waals surface area contributed by atoms with E-state index in [9.17, 15) is 19.7 Å². The van der Waals surface area contributed by atoms with Gasteiger partial charge in [0, 0.05) is 35.8 Å². The lowest BCUT2D eigenvalue weighted by molar-refractivity contribution is -0.384. The third kappa shape index (κ3) is 4.70. The van der Waals surface area contributed by atoms with E-state index in [-0.39, 0.29) is 22.2 Å². The number of hydrogen-bond donors (Lipinski definition) is 2. The quantitative estimate of drug-likeness (QED) is 0.450. The van der Waals surface area contributed by atoms with E-state index in [1.165, 1.54) is 31.5 Å². The lowest BCUT2D eigenvalue weighted by atomic mass is 10.1. The number of nitro benzene ring substituents is 1. The first-order valence-electron chi connectivity index (χ1n) is 8.53. The van der Waals surface area contributed by atoms with E-state index in [1.807, 2.05) is 0 Å². The van der Waals surface area contributed by atoms with Crippen LogP contribution in [-0.2, 0) is 0 Å². The highest BCUT2D eigenvalue weighted by Crippen LogP contribution is 2.29. The Labute approximate surface area is 175 Å². The summed E-state index contributed by atoms with van der Waals surface area (Å²) in [7, 11) is 1.42. The van der Waals surface area contributed by atoms with Gasteiger partial charge in [-0.05, 0) is 36.4 Å². The number of ether oxygens (including phenoxy) is 1. The van der Waals surface area contributed by atoms with E-state index >= 15 is 0 Å². The van der Waals surface area contributed by atoms with E-state index in [0.717, 1.165) is 6.07 Å². The van der Waals surface area contributed by atoms with Gasteiger partial charge in [-0.2, -0.15) is 0 Å². The number of amides is 2. The van der Waals surface area contributed by atoms with E-state index in [0.29, 0.717) is 22.7 Å². The minimum atomic E-state index is -0.665. The van der Waals surface area contributed by atoms with Crippen LogP contribution < -0.4 is 15.4 Å². The Kier molecular flexibility index (Phi) is 6.23. The third-order valence-electron chi connectivity index (χ3n) is 4.04. The van der Waals surface area contributed by atoms with Crippen molar-refractivity contribution in [2.24, 2.45) is 0 Å². The number of aromatic nitrogens is 1. The summed E-state index contributed by atoms with van der Waals surface area (Å²) in [6.45, 7) is 0. The number of methoxy groups -OCH3 is 1. The maximum absolute atomic E-state index is 12.5. The maximum atomic E-state index is 12.5. The summed E-state index contributed by atoms with van der Waals surface area (Å²) in [6, 6.07) is 11.7. The Balaban J connectivity index is 1.78. The topological polar surface area (TPSA) is 123 Å². The van der Waals surface area contributed by atoms with Crippen molar-refractivity contribution in [1.29, 1.82) is 0 Å². The molecule has 0 saturated carbocycles. The Morgan fingerprint density at radius 3 is 2.50 bits per heavy atom. The lowest BCUT2D eigenvalue weighted by Crippen LogP contribution is -2.14. The number of anilines is 2. The average molecular weight is 427 g/mol. The molecule has 10 heteroatoms. The molecule has 1 heterocycles. The highest BCUT2D eigenvalue weighted by atomic mass is 35.5. The molecule has 0 fully saturated rings. The molecule has 2 amide bonds. The molecule has 0 aliphatic rings. The van der Waals surface area contributed by atoms with Gasteiger partial charge in [-0.1, -0.05) is 11.6 Å². The number of nitrogens with one attached hydrogen (secondary N) is 2. The molecule has 0 saturated heterocycles. The van der Waals surface area contributed by atoms with Gasteiger partial charge in [0.15, 0.2) is 0 Å². The van der Waals surface area contributed by atoms with Crippen molar-refractivity contribution >= 4 is 40.5 Å². The Morgan fingerprint density at radius 2 is 1.83 bits per heavy atom. The lowest BCUT2D eigenvalue weighted by Gasteiger charge is -2.13. The zero-order valence-electron chi connectivity index (χ0n) is 15.6. The van der Waals surface area contributed by atoms with Gasteiger partial charge in [-0.25, -0.2) is 0 Å². The Morgan fingerprint density at radius 1 is 1.07 bits per heavy atom. The van der Waals surface area contributed by atoms with E-state index in [4.69, 9.17) is 16.3 Å². The minimum Gasteiger partial charge on any atom is -0.494 e. The standard InChI is InChI=1S/C20H15ClN4O5/c1-30-18-10-14(5-7-16(18)24-20(27)13-3-2-8-22-11-13)23-19(26)12-4-6-15(21)17(9-12)25(28)29/h2-11H,1H3,(H,23,26)(H,24,27). The number of carbonyl (C=O) groups is 2. The van der Waals surface area contributed by atoms with Gasteiger partial charge in [0.1, 0.15) is 10.8 Å². The minimum absolute atomic E-state index is 0.0630. The number of pyridine rings is 1. The number of nitro groups is 1. The van der Waals surface area contributed by atoms with Crippen LogP contribution in [0.4, 0.5) is 17.1 Å². The van der Waals surface area contributed by atoms with Gasteiger partial charge in [0.25, 0.3) is 17.5 Å². The monoisotopic (exact) mass is 426 g/mol. The fourth-order valence-electron chi connectivity index (χ4n) is 2.56. The van der Waals surface area contributed by atoms with Crippen LogP contribution in [-0.4, -0.2) is 28.8 Å². The molecule has 2 N–H and O–H groups in total. The second kappa shape index (κ2) is 9.01. The summed E-state index contributed by atoms with van der Waals surface area (Å²) >= 11 is 5.77. The molecular formula is C20H15ClN4O5. The summed E-state index contributed by atoms with van der Waals surface area (Å²) in [6.07, 6.45) is 2.99. The van der Waals surface area contributed by atoms with Crippen LogP contribution in [0.3, 0.4) is 0 Å². The highest BCUT2D eigenvalue weighted by molar-refractivity contribution is 6.32. The molecule has 0 aliphatic heterocycles. The van der Waals surface area contributed by atoms with Crippen LogP contribution in [0.15, 0.2) is 60.9 Å². The predicted molar refractivity (Wildman–Crippen MR) is 111 cm³/mol. The van der Waals surface area contributed by atoms with Gasteiger partial charge in [0.2, 0.25) is 0 Å². The molecule has 9 nitrogen and oxygen atoms in total. The molecule has 1 aromatic heterocycles. The Hall–Kier alpha value is -3.98. The maximum Gasteiger partial charge on any atom is 0.288 e. The van der Waals surface area contributed by atoms with E-state index in [2.05, 4.69) is 15.6 Å². The highest BCUT2D eigenvalue weighted by Gasteiger charge is 2.17. The molecule has 3 rings (SSSR count). The van der Waals surface area contributed by atoms with Crippen molar-refractivity contribution in [1.82, 2.24) is 4.98 Å². The molecule has 152 valence electrons. The summed E-state index contributed by atoms with van der Waals surface area (Å²) in [5, 5.41) is 16.3. The molecule has 0 unspecified atom stereocenters. The Bertz CT molecular complexity index is 1120. The van der Waals surface area contributed by atoms with Crippen LogP contribution in [0.2, 0.25) is 5.02 Å². The van der Waals surface area contributed by atoms with E-state index < -0.39 is 10.8 Å². The number of nitrogens with zero attached hydrogens (tertiary/aromatic N) is 2. The van der Waals surface area contributed by atoms with Crippen LogP contribution in [0, 0.1) is 10.1 Å². The molecule has 3 aromatic rings. The first-order valence-corrected chi connectivity index (χ1v) is 8.91. The normalized spacial score (nSPS) is 10.2. The summed E-state index contributed by atoms with van der Waals surface area (Å²) in [5.74, 6) is -0.622. The van der Waals surface area contributed by atoms with Gasteiger partial charge >= 0.3 is 0 Å². The van der Waals surface area contributed by atoms with Gasteiger partial charge in [-0.15, -0.1) is 0 Å². The van der Waals surface area contributed by atoms with Crippen LogP contribution in [0.1, 0.15) is 20.7 Å². The SMILES string of the molecule is COc1cc(NC(=O)c2ccc(Cl)c([N+](=O)[O-])c2)ccc1NC(=O)c1cccnc1. The number of benzene rings is 2. The summed E-state index contributed by atoms with van der Waals surface area (Å²) < 4.78 is 5.29. The number of hydrogen-bond acceptors (Lipinski definition) is 6. The van der Waals surface area contributed by atoms with Crippen LogP contribution >= 0.6 is 11.6 Å². The molecule has 0 aliphatic carbocycles. The molecule has 0 radical (unpaired) electrons. The van der Waals surface area contributed by atoms with Gasteiger partial charge in [-0.3, -0.25) is 24.7 Å². The average Bonchev–Trinajstić information content (AvgIpc) is 2.75. The molecular weight excluding hydrogens is 412 g/mol. The number of rotatable bonds is 6. The number of carbonyl (C=O) groups excluding carboxylic acids is 2. The van der Waals surface area contributed by atoms with Crippen molar-refractivity contribution in [3.63, 3.8) is 0 Å². The fraction of sp³-hybridized carbons (Fsp3) is 0.0500. The molecule has 0 atom stereocenters. The van der Waals surface area contributed by atoms with Crippen LogP contribution in [0.25, 0.3) is 0 Å².